The molecule has 2 aromatic rings. The van der Waals surface area contributed by atoms with Crippen molar-refractivity contribution in [2.45, 2.75) is 45.1 Å². The van der Waals surface area contributed by atoms with E-state index in [0.29, 0.717) is 13.2 Å². The van der Waals surface area contributed by atoms with Crippen LogP contribution < -0.4 is 5.46 Å². The number of nitrogens with zero attached hydrogens (tertiary/aromatic N) is 2. The van der Waals surface area contributed by atoms with Crippen molar-refractivity contribution in [3.63, 3.8) is 0 Å². The molecule has 2 aliphatic rings. The topological polar surface area (TPSA) is 43.2 Å². The van der Waals surface area contributed by atoms with Crippen LogP contribution in [-0.2, 0) is 15.8 Å². The average Bonchev–Trinajstić information content (AvgIpc) is 3.23. The Kier molecular flexibility index (Phi) is 4.57. The van der Waals surface area contributed by atoms with Gasteiger partial charge in [0.2, 0.25) is 6.15 Å². The lowest BCUT2D eigenvalue weighted by Crippen LogP contribution is -2.64. The van der Waals surface area contributed by atoms with Gasteiger partial charge in [0.05, 0.1) is 11.1 Å². The minimum atomic E-state index is -1.57. The highest BCUT2D eigenvalue weighted by Crippen LogP contribution is 2.30. The molecule has 4 rings (SSSR count). The molecule has 2 heterocycles. The molecular weight excluding hydrogens is 347 g/mol. The van der Waals surface area contributed by atoms with Gasteiger partial charge in [-0.05, 0) is 27.7 Å². The van der Waals surface area contributed by atoms with Crippen LogP contribution in [0.15, 0.2) is 70.6 Å². The van der Waals surface area contributed by atoms with Gasteiger partial charge < -0.3 is 9.47 Å². The molecule has 0 unspecified atom stereocenters. The number of hydrogen-bond donors (Lipinski definition) is 0. The van der Waals surface area contributed by atoms with Crippen LogP contribution >= 0.6 is 0 Å². The molecule has 0 aliphatic carbocycles. The van der Waals surface area contributed by atoms with E-state index in [4.69, 9.17) is 19.5 Å². The lowest BCUT2D eigenvalue weighted by atomic mass is 9.18. The van der Waals surface area contributed by atoms with Gasteiger partial charge in [-0.1, -0.05) is 66.2 Å². The molecule has 0 saturated carbocycles. The molecule has 28 heavy (non-hydrogen) atoms. The molecule has 2 aliphatic heterocycles. The Hall–Kier alpha value is -2.56. The number of benzene rings is 2. The van der Waals surface area contributed by atoms with Gasteiger partial charge in [-0.15, -0.1) is 6.32 Å². The summed E-state index contributed by atoms with van der Waals surface area (Å²) in [6.07, 6.45) is -0.828. The van der Waals surface area contributed by atoms with Gasteiger partial charge in [-0.25, -0.2) is 0 Å². The molecule has 0 spiro atoms. The van der Waals surface area contributed by atoms with E-state index in [0.717, 1.165) is 23.4 Å². The molecule has 0 radical (unpaired) electrons. The maximum Gasteiger partial charge on any atom is 0.209 e. The van der Waals surface area contributed by atoms with E-state index >= 15 is 0 Å². The van der Waals surface area contributed by atoms with Crippen LogP contribution in [0.3, 0.4) is 0 Å². The predicted molar refractivity (Wildman–Crippen MR) is 117 cm³/mol. The monoisotopic (exact) mass is 375 g/mol. The highest BCUT2D eigenvalue weighted by molar-refractivity contribution is 7.31. The molecule has 5 heteroatoms. The van der Waals surface area contributed by atoms with Gasteiger partial charge in [-0.3, -0.25) is 9.98 Å². The Morgan fingerprint density at radius 3 is 1.64 bits per heavy atom. The number of aliphatic imine (C=N–C) groups is 2. The van der Waals surface area contributed by atoms with Crippen LogP contribution in [0.4, 0.5) is 0 Å². The van der Waals surface area contributed by atoms with Gasteiger partial charge in [0.1, 0.15) is 13.2 Å². The lowest BCUT2D eigenvalue weighted by molar-refractivity contribution is 0.278. The van der Waals surface area contributed by atoms with Crippen LogP contribution in [0.2, 0.25) is 0 Å². The van der Waals surface area contributed by atoms with E-state index < -0.39 is 6.15 Å². The molecule has 0 saturated heterocycles. The molecule has 0 fully saturated rings. The van der Waals surface area contributed by atoms with Gasteiger partial charge in [0, 0.05) is 11.6 Å². The fraction of sp³-hybridized carbons (Fsp3) is 0.391. The van der Waals surface area contributed by atoms with E-state index in [9.17, 15) is 0 Å². The molecule has 0 N–H and O–H groups in total. The van der Waals surface area contributed by atoms with Gasteiger partial charge in [0.15, 0.2) is 0 Å². The number of ether oxygens (including phenoxy) is 2. The quantitative estimate of drug-likeness (QED) is 0.750. The molecule has 0 atom stereocenters. The summed E-state index contributed by atoms with van der Waals surface area (Å²) in [7, 11) is 0. The van der Waals surface area contributed by atoms with Crippen molar-refractivity contribution in [1.82, 2.24) is 0 Å². The van der Waals surface area contributed by atoms with E-state index in [1.165, 1.54) is 5.56 Å². The zero-order valence-corrected chi connectivity index (χ0v) is 17.2. The molecule has 4 nitrogen and oxygen atoms in total. The second-order valence-corrected chi connectivity index (χ2v) is 9.25. The first-order chi connectivity index (χ1) is 13.3. The second kappa shape index (κ2) is 6.80. The molecule has 146 valence electrons. The van der Waals surface area contributed by atoms with E-state index in [-0.39, 0.29) is 11.1 Å². The summed E-state index contributed by atoms with van der Waals surface area (Å²) < 4.78 is 12.5. The minimum Gasteiger partial charge on any atom is -0.518 e. The first-order valence-electron chi connectivity index (χ1n) is 10.0. The largest absolute Gasteiger partial charge is 0.518 e. The van der Waals surface area contributed by atoms with Crippen molar-refractivity contribution in [1.29, 1.82) is 0 Å². The third-order valence-corrected chi connectivity index (χ3v) is 5.57. The Morgan fingerprint density at radius 2 is 1.21 bits per heavy atom. The molecule has 0 amide bonds. The van der Waals surface area contributed by atoms with Crippen LogP contribution in [0, 0.1) is 0 Å². The SMILES string of the molecule is CC1(C)COC([B-](Cc2ccccc2)(C2=NC(C)(C)CO2)c2ccccc2)=N1. The highest BCUT2D eigenvalue weighted by atomic mass is 16.5. The van der Waals surface area contributed by atoms with Crippen molar-refractivity contribution in [3.05, 3.63) is 66.2 Å². The summed E-state index contributed by atoms with van der Waals surface area (Å²) in [5.74, 6) is 1.52. The fourth-order valence-electron chi connectivity index (χ4n) is 4.16. The van der Waals surface area contributed by atoms with Crippen LogP contribution in [0.1, 0.15) is 33.3 Å². The minimum absolute atomic E-state index is 0.248. The van der Waals surface area contributed by atoms with Gasteiger partial charge >= 0.3 is 0 Å². The van der Waals surface area contributed by atoms with Crippen molar-refractivity contribution < 1.29 is 9.47 Å². The van der Waals surface area contributed by atoms with Crippen molar-refractivity contribution in [2.75, 3.05) is 13.2 Å². The number of rotatable bonds is 5. The van der Waals surface area contributed by atoms with Gasteiger partial charge in [-0.2, -0.15) is 5.46 Å². The Morgan fingerprint density at radius 1 is 0.750 bits per heavy atom. The summed E-state index contributed by atoms with van der Waals surface area (Å²) >= 11 is 0. The van der Waals surface area contributed by atoms with Crippen LogP contribution in [-0.4, -0.2) is 42.0 Å². The normalized spacial score (nSPS) is 20.1. The number of hydrogen-bond acceptors (Lipinski definition) is 4. The summed E-state index contributed by atoms with van der Waals surface area (Å²) in [6, 6.07) is 21.0. The first-order valence-corrected chi connectivity index (χ1v) is 10.0. The first kappa shape index (κ1) is 18.8. The maximum atomic E-state index is 6.26. The molecular formula is C23H28BN2O2-. The zero-order chi connectivity index (χ0) is 19.8. The zero-order valence-electron chi connectivity index (χ0n) is 17.2. The summed E-state index contributed by atoms with van der Waals surface area (Å²) in [6.45, 7) is 9.57. The summed E-state index contributed by atoms with van der Waals surface area (Å²) in [5.41, 5.74) is 1.88. The fourth-order valence-corrected chi connectivity index (χ4v) is 4.16. The van der Waals surface area contributed by atoms with E-state index in [1.54, 1.807) is 0 Å². The Balaban J connectivity index is 1.95. The van der Waals surface area contributed by atoms with Crippen LogP contribution in [0.25, 0.3) is 0 Å². The third-order valence-electron chi connectivity index (χ3n) is 5.57. The molecule has 2 aromatic carbocycles. The molecule has 0 aromatic heterocycles. The summed E-state index contributed by atoms with van der Waals surface area (Å²) in [4.78, 5) is 10.0. The van der Waals surface area contributed by atoms with Crippen molar-refractivity contribution in [3.8, 4) is 0 Å². The van der Waals surface area contributed by atoms with Gasteiger partial charge in [0.25, 0.3) is 0 Å². The van der Waals surface area contributed by atoms with Crippen molar-refractivity contribution in [2.24, 2.45) is 9.98 Å². The predicted octanol–water partition coefficient (Wildman–Crippen LogP) is 3.62. The lowest BCUT2D eigenvalue weighted by Gasteiger charge is -2.39. The molecule has 0 bridgehead atoms. The third kappa shape index (κ3) is 3.46. The Bertz CT molecular complexity index is 871. The highest BCUT2D eigenvalue weighted by Gasteiger charge is 2.46. The average molecular weight is 375 g/mol. The van der Waals surface area contributed by atoms with E-state index in [1.807, 2.05) is 12.1 Å². The van der Waals surface area contributed by atoms with Crippen molar-refractivity contribution >= 4 is 23.2 Å². The second-order valence-electron chi connectivity index (χ2n) is 9.25. The smallest absolute Gasteiger partial charge is 0.209 e. The summed E-state index contributed by atoms with van der Waals surface area (Å²) in [5, 5.41) is 0. The Labute approximate surface area is 167 Å². The standard InChI is InChI=1S/C23H28BN2O2/c1-22(2)16-27-20(25-22)24(19-13-9-6-10-14-19,15-18-11-7-5-8-12-18)21-26-23(3,4)17-28-21/h5-14H,15-17H2,1-4H3/q-1. The van der Waals surface area contributed by atoms with Crippen LogP contribution in [0.5, 0.6) is 0 Å². The van der Waals surface area contributed by atoms with E-state index in [2.05, 4.69) is 76.2 Å². The maximum absolute atomic E-state index is 6.26.